The maximum absolute atomic E-state index is 12.5. The van der Waals surface area contributed by atoms with Gasteiger partial charge in [-0.05, 0) is 77.0 Å². The van der Waals surface area contributed by atoms with E-state index in [1.54, 1.807) is 0 Å². The minimum absolute atomic E-state index is 0.0331. The monoisotopic (exact) mass is 1010 g/mol. The predicted octanol–water partition coefficient (Wildman–Crippen LogP) is 21.6. The second-order valence-electron chi connectivity index (χ2n) is 21.5. The first kappa shape index (κ1) is 70.3. The normalized spacial score (nSPS) is 13.4. The topological polar surface area (TPSA) is 69.6 Å². The van der Waals surface area contributed by atoms with Gasteiger partial charge in [0.15, 0.2) is 0 Å². The Kier molecular flexibility index (Phi) is 61.3. The molecule has 0 radical (unpaired) electrons. The summed E-state index contributed by atoms with van der Waals surface area (Å²) in [4.78, 5) is 12.5. The van der Waals surface area contributed by atoms with Gasteiger partial charge in [-0.3, -0.25) is 4.79 Å². The van der Waals surface area contributed by atoms with Crippen LogP contribution in [0.3, 0.4) is 0 Å². The van der Waals surface area contributed by atoms with E-state index in [-0.39, 0.29) is 12.5 Å². The molecule has 0 saturated heterocycles. The standard InChI is InChI=1S/C69H123NO3/c1-3-5-7-9-11-13-15-17-19-21-23-25-27-29-30-31-32-33-34-35-36-37-38-39-40-41-43-45-47-49-51-53-55-57-59-61-63-65-69(73)70-67(66-71)68(72)64-62-60-58-56-54-52-50-48-46-44-42-28-26-24-22-20-18-16-14-12-10-8-6-4-2/h5,7,11,13,17,19,23,25,29-30,32-33,35-36,38-39,67-68,71-72H,3-4,6,8-10,12,14-16,18,20-22,24,26-28,31,34,37,40-66H2,1-2H3,(H,70,73)/b7-5-,13-11-,19-17-,25-23-,30-29-,33-32-,36-35-,39-38-. The lowest BCUT2D eigenvalue weighted by Crippen LogP contribution is -2.45. The van der Waals surface area contributed by atoms with Gasteiger partial charge in [0.2, 0.25) is 5.91 Å². The molecule has 2 unspecified atom stereocenters. The van der Waals surface area contributed by atoms with Crippen molar-refractivity contribution in [1.82, 2.24) is 5.32 Å². The molecular weight excluding hydrogens is 891 g/mol. The molecule has 0 aliphatic rings. The molecule has 0 spiro atoms. The van der Waals surface area contributed by atoms with Gasteiger partial charge < -0.3 is 15.5 Å². The van der Waals surface area contributed by atoms with Crippen LogP contribution in [0.25, 0.3) is 0 Å². The Morgan fingerprint density at radius 2 is 0.603 bits per heavy atom. The van der Waals surface area contributed by atoms with Crippen LogP contribution >= 0.6 is 0 Å². The number of aliphatic hydroxyl groups excluding tert-OH is 2. The highest BCUT2D eigenvalue weighted by Crippen LogP contribution is 2.18. The highest BCUT2D eigenvalue weighted by molar-refractivity contribution is 5.76. The number of allylic oxidation sites excluding steroid dienone is 16. The van der Waals surface area contributed by atoms with Crippen molar-refractivity contribution in [3.8, 4) is 0 Å². The maximum atomic E-state index is 12.5. The van der Waals surface area contributed by atoms with Crippen molar-refractivity contribution < 1.29 is 15.0 Å². The number of hydrogen-bond acceptors (Lipinski definition) is 3. The van der Waals surface area contributed by atoms with E-state index in [9.17, 15) is 15.0 Å². The number of rotatable bonds is 58. The zero-order valence-corrected chi connectivity index (χ0v) is 48.6. The summed E-state index contributed by atoms with van der Waals surface area (Å²) < 4.78 is 0. The first-order chi connectivity index (χ1) is 36.2. The van der Waals surface area contributed by atoms with E-state index < -0.39 is 12.1 Å². The molecule has 422 valence electrons. The van der Waals surface area contributed by atoms with Crippen LogP contribution in [0.2, 0.25) is 0 Å². The van der Waals surface area contributed by atoms with Crippen LogP contribution in [-0.4, -0.2) is 34.9 Å². The lowest BCUT2D eigenvalue weighted by atomic mass is 10.0. The number of amides is 1. The second kappa shape index (κ2) is 63.6. The predicted molar refractivity (Wildman–Crippen MR) is 326 cm³/mol. The molecular formula is C69H123NO3. The lowest BCUT2D eigenvalue weighted by molar-refractivity contribution is -0.123. The fourth-order valence-electron chi connectivity index (χ4n) is 9.56. The average Bonchev–Trinajstić information content (AvgIpc) is 3.40. The average molecular weight is 1010 g/mol. The first-order valence-corrected chi connectivity index (χ1v) is 31.9. The molecule has 0 bridgehead atoms. The van der Waals surface area contributed by atoms with Crippen molar-refractivity contribution >= 4 is 5.91 Å². The van der Waals surface area contributed by atoms with Gasteiger partial charge in [-0.15, -0.1) is 0 Å². The number of carbonyl (C=O) groups excluding carboxylic acids is 1. The van der Waals surface area contributed by atoms with Gasteiger partial charge in [-0.2, -0.15) is 0 Å². The van der Waals surface area contributed by atoms with E-state index >= 15 is 0 Å². The highest BCUT2D eigenvalue weighted by atomic mass is 16.3. The summed E-state index contributed by atoms with van der Waals surface area (Å²) in [5.41, 5.74) is 0. The quantitative estimate of drug-likeness (QED) is 0.0420. The van der Waals surface area contributed by atoms with Crippen molar-refractivity contribution in [3.63, 3.8) is 0 Å². The summed E-state index contributed by atoms with van der Waals surface area (Å²) in [6.45, 7) is 4.27. The summed E-state index contributed by atoms with van der Waals surface area (Å²) in [7, 11) is 0. The zero-order chi connectivity index (χ0) is 52.7. The van der Waals surface area contributed by atoms with E-state index in [4.69, 9.17) is 0 Å². The van der Waals surface area contributed by atoms with Gasteiger partial charge in [0.05, 0.1) is 18.8 Å². The van der Waals surface area contributed by atoms with Crippen LogP contribution in [0.15, 0.2) is 97.2 Å². The van der Waals surface area contributed by atoms with Crippen LogP contribution in [0.1, 0.15) is 316 Å². The van der Waals surface area contributed by atoms with E-state index in [1.165, 1.54) is 212 Å². The molecule has 1 amide bonds. The Hall–Kier alpha value is -2.69. The molecule has 0 aliphatic carbocycles. The van der Waals surface area contributed by atoms with Gasteiger partial charge >= 0.3 is 0 Å². The maximum Gasteiger partial charge on any atom is 0.220 e. The smallest absolute Gasteiger partial charge is 0.220 e. The fraction of sp³-hybridized carbons (Fsp3) is 0.754. The molecule has 2 atom stereocenters. The number of hydrogen-bond donors (Lipinski definition) is 3. The molecule has 0 rings (SSSR count). The highest BCUT2D eigenvalue weighted by Gasteiger charge is 2.20. The van der Waals surface area contributed by atoms with Crippen LogP contribution in [0.5, 0.6) is 0 Å². The Bertz CT molecular complexity index is 1330. The van der Waals surface area contributed by atoms with Crippen LogP contribution < -0.4 is 5.32 Å². The molecule has 4 heteroatoms. The van der Waals surface area contributed by atoms with Crippen molar-refractivity contribution in [2.45, 2.75) is 328 Å². The van der Waals surface area contributed by atoms with Crippen molar-refractivity contribution in [2.24, 2.45) is 0 Å². The second-order valence-corrected chi connectivity index (χ2v) is 21.5. The largest absolute Gasteiger partial charge is 0.394 e. The Morgan fingerprint density at radius 1 is 0.342 bits per heavy atom. The van der Waals surface area contributed by atoms with Gasteiger partial charge in [-0.1, -0.05) is 329 Å². The summed E-state index contributed by atoms with van der Waals surface area (Å²) in [6, 6.07) is -0.544. The number of unbranched alkanes of at least 4 members (excludes halogenated alkanes) is 35. The SMILES string of the molecule is CC/C=C\C/C=C\C/C=C\C/C=C\C/C=C\C/C=C\C/C=C\C/C=C\CCCCCCCCCCCCCCC(=O)NC(CO)C(O)CCCCCCCCCCCCCCCCCCCCCCCCCC. The molecule has 4 nitrogen and oxygen atoms in total. The van der Waals surface area contributed by atoms with Gasteiger partial charge in [0.1, 0.15) is 0 Å². The third-order valence-corrected chi connectivity index (χ3v) is 14.4. The summed E-state index contributed by atoms with van der Waals surface area (Å²) in [5, 5.41) is 23.4. The molecule has 73 heavy (non-hydrogen) atoms. The zero-order valence-electron chi connectivity index (χ0n) is 48.6. The van der Waals surface area contributed by atoms with E-state index in [0.717, 1.165) is 77.0 Å². The molecule has 3 N–H and O–H groups in total. The van der Waals surface area contributed by atoms with Crippen molar-refractivity contribution in [3.05, 3.63) is 97.2 Å². The van der Waals surface area contributed by atoms with E-state index in [2.05, 4.69) is 116 Å². The summed E-state index contributed by atoms with van der Waals surface area (Å²) in [5.74, 6) is -0.0331. The molecule has 0 heterocycles. The van der Waals surface area contributed by atoms with Crippen LogP contribution in [0.4, 0.5) is 0 Å². The number of aliphatic hydroxyl groups is 2. The van der Waals surface area contributed by atoms with Crippen molar-refractivity contribution in [2.75, 3.05) is 6.61 Å². The number of nitrogens with one attached hydrogen (secondary N) is 1. The molecule has 0 aromatic heterocycles. The molecule has 0 saturated carbocycles. The minimum atomic E-state index is -0.667. The summed E-state index contributed by atoms with van der Waals surface area (Å²) >= 11 is 0. The Labute approximate surface area is 455 Å². The van der Waals surface area contributed by atoms with Gasteiger partial charge in [0.25, 0.3) is 0 Å². The lowest BCUT2D eigenvalue weighted by Gasteiger charge is -2.22. The van der Waals surface area contributed by atoms with Crippen molar-refractivity contribution in [1.29, 1.82) is 0 Å². The third kappa shape index (κ3) is 60.1. The molecule has 0 fully saturated rings. The Morgan fingerprint density at radius 3 is 0.904 bits per heavy atom. The molecule has 0 aromatic rings. The minimum Gasteiger partial charge on any atom is -0.394 e. The molecule has 0 aromatic carbocycles. The first-order valence-electron chi connectivity index (χ1n) is 31.9. The van der Waals surface area contributed by atoms with Crippen LogP contribution in [0, 0.1) is 0 Å². The van der Waals surface area contributed by atoms with Crippen LogP contribution in [-0.2, 0) is 4.79 Å². The van der Waals surface area contributed by atoms with E-state index in [1.807, 2.05) is 0 Å². The number of carbonyl (C=O) groups is 1. The Balaban J connectivity index is 3.51. The molecule has 0 aliphatic heterocycles. The third-order valence-electron chi connectivity index (χ3n) is 14.4. The van der Waals surface area contributed by atoms with Gasteiger partial charge in [-0.25, -0.2) is 0 Å². The van der Waals surface area contributed by atoms with Gasteiger partial charge in [0, 0.05) is 6.42 Å². The fourth-order valence-corrected chi connectivity index (χ4v) is 9.56. The van der Waals surface area contributed by atoms with E-state index in [0.29, 0.717) is 12.8 Å². The summed E-state index contributed by atoms with van der Waals surface area (Å²) in [6.07, 6.45) is 94.2.